The van der Waals surface area contributed by atoms with Crippen molar-refractivity contribution in [2.45, 2.75) is 13.0 Å². The Bertz CT molecular complexity index is 549. The summed E-state index contributed by atoms with van der Waals surface area (Å²) < 4.78 is 5.26. The van der Waals surface area contributed by atoms with E-state index >= 15 is 0 Å². The quantitative estimate of drug-likeness (QED) is 0.882. The topological polar surface area (TPSA) is 68.3 Å². The van der Waals surface area contributed by atoms with Gasteiger partial charge in [0.15, 0.2) is 5.76 Å². The minimum absolute atomic E-state index is 0.228. The Kier molecular flexibility index (Phi) is 4.60. The van der Waals surface area contributed by atoms with Crippen molar-refractivity contribution in [2.24, 2.45) is 5.73 Å². The van der Waals surface area contributed by atoms with E-state index < -0.39 is 0 Å². The lowest BCUT2D eigenvalue weighted by atomic mass is 10.1. The summed E-state index contributed by atoms with van der Waals surface area (Å²) in [6.45, 7) is 0.831. The van der Waals surface area contributed by atoms with Gasteiger partial charge >= 0.3 is 0 Å². The molecule has 0 radical (unpaired) electrons. The summed E-state index contributed by atoms with van der Waals surface area (Å²) in [4.78, 5) is 11.8. The lowest BCUT2D eigenvalue weighted by Crippen LogP contribution is -2.25. The molecule has 0 spiro atoms. The highest BCUT2D eigenvalue weighted by atomic mass is 35.5. The van der Waals surface area contributed by atoms with Crippen molar-refractivity contribution in [1.82, 2.24) is 5.32 Å². The van der Waals surface area contributed by atoms with Crippen LogP contribution < -0.4 is 11.1 Å². The van der Waals surface area contributed by atoms with Crippen molar-refractivity contribution >= 4 is 17.5 Å². The molecular weight excluding hydrogens is 264 g/mol. The Morgan fingerprint density at radius 1 is 1.21 bits per heavy atom. The van der Waals surface area contributed by atoms with E-state index in [4.69, 9.17) is 21.8 Å². The average molecular weight is 279 g/mol. The highest BCUT2D eigenvalue weighted by molar-refractivity contribution is 6.30. The number of rotatable bonds is 5. The van der Waals surface area contributed by atoms with Crippen LogP contribution >= 0.6 is 11.6 Å². The van der Waals surface area contributed by atoms with Crippen molar-refractivity contribution in [3.63, 3.8) is 0 Å². The number of halogens is 1. The maximum atomic E-state index is 11.8. The van der Waals surface area contributed by atoms with Crippen LogP contribution in [-0.2, 0) is 13.0 Å². The third-order valence-corrected chi connectivity index (χ3v) is 2.95. The second-order valence-electron chi connectivity index (χ2n) is 4.10. The number of nitrogens with one attached hydrogen (secondary N) is 1. The van der Waals surface area contributed by atoms with Crippen LogP contribution in [0.4, 0.5) is 0 Å². The van der Waals surface area contributed by atoms with Crippen molar-refractivity contribution in [2.75, 3.05) is 6.54 Å². The number of hydrogen-bond acceptors (Lipinski definition) is 3. The van der Waals surface area contributed by atoms with E-state index in [2.05, 4.69) is 5.32 Å². The standard InChI is InChI=1S/C14H15ClN2O2/c15-11-3-1-10(2-4-11)7-8-17-14(18)13-6-5-12(9-16)19-13/h1-6H,7-9,16H2,(H,17,18). The number of carbonyl (C=O) groups excluding carboxylic acids is 1. The molecule has 0 saturated heterocycles. The van der Waals surface area contributed by atoms with Crippen LogP contribution in [0, 0.1) is 0 Å². The Balaban J connectivity index is 1.82. The Hall–Kier alpha value is -1.78. The molecule has 1 heterocycles. The molecule has 3 N–H and O–H groups in total. The number of furan rings is 1. The molecule has 0 saturated carbocycles. The SMILES string of the molecule is NCc1ccc(C(=O)NCCc2ccc(Cl)cc2)o1. The highest BCUT2D eigenvalue weighted by Gasteiger charge is 2.09. The summed E-state index contributed by atoms with van der Waals surface area (Å²) in [7, 11) is 0. The first-order valence-corrected chi connectivity index (χ1v) is 6.38. The van der Waals surface area contributed by atoms with Crippen LogP contribution in [0.2, 0.25) is 5.02 Å². The van der Waals surface area contributed by atoms with Crippen LogP contribution in [0.5, 0.6) is 0 Å². The molecule has 0 bridgehead atoms. The Morgan fingerprint density at radius 3 is 2.58 bits per heavy atom. The summed E-state index contributed by atoms with van der Waals surface area (Å²) in [5.74, 6) is 0.660. The van der Waals surface area contributed by atoms with Gasteiger partial charge in [-0.3, -0.25) is 4.79 Å². The molecular formula is C14H15ClN2O2. The van der Waals surface area contributed by atoms with E-state index in [-0.39, 0.29) is 18.2 Å². The molecule has 100 valence electrons. The fraction of sp³-hybridized carbons (Fsp3) is 0.214. The first kappa shape index (κ1) is 13.6. The number of hydrogen-bond donors (Lipinski definition) is 2. The maximum absolute atomic E-state index is 11.8. The van der Waals surface area contributed by atoms with Crippen LogP contribution in [0.1, 0.15) is 21.9 Å². The molecule has 0 aliphatic carbocycles. The van der Waals surface area contributed by atoms with Gasteiger partial charge in [-0.15, -0.1) is 0 Å². The van der Waals surface area contributed by atoms with E-state index in [0.717, 1.165) is 12.0 Å². The molecule has 4 nitrogen and oxygen atoms in total. The van der Waals surface area contributed by atoms with Gasteiger partial charge in [0, 0.05) is 11.6 Å². The Morgan fingerprint density at radius 2 is 1.95 bits per heavy atom. The van der Waals surface area contributed by atoms with E-state index in [1.54, 1.807) is 12.1 Å². The minimum Gasteiger partial charge on any atom is -0.455 e. The van der Waals surface area contributed by atoms with Crippen molar-refractivity contribution in [1.29, 1.82) is 0 Å². The summed E-state index contributed by atoms with van der Waals surface area (Å²) in [5, 5.41) is 3.50. The molecule has 2 rings (SSSR count). The normalized spacial score (nSPS) is 10.4. The first-order chi connectivity index (χ1) is 9.19. The molecule has 0 unspecified atom stereocenters. The first-order valence-electron chi connectivity index (χ1n) is 6.00. The van der Waals surface area contributed by atoms with Gasteiger partial charge in [0.05, 0.1) is 6.54 Å². The predicted octanol–water partition coefficient (Wildman–Crippen LogP) is 2.36. The van der Waals surface area contributed by atoms with Gasteiger partial charge in [0.1, 0.15) is 5.76 Å². The van der Waals surface area contributed by atoms with Crippen LogP contribution in [0.25, 0.3) is 0 Å². The number of nitrogens with two attached hydrogens (primary N) is 1. The van der Waals surface area contributed by atoms with Crippen LogP contribution in [-0.4, -0.2) is 12.5 Å². The highest BCUT2D eigenvalue weighted by Crippen LogP contribution is 2.10. The van der Waals surface area contributed by atoms with Crippen molar-refractivity contribution in [3.05, 3.63) is 58.5 Å². The van der Waals surface area contributed by atoms with Gasteiger partial charge in [-0.05, 0) is 36.2 Å². The smallest absolute Gasteiger partial charge is 0.287 e. The van der Waals surface area contributed by atoms with Gasteiger partial charge in [-0.2, -0.15) is 0 Å². The number of amides is 1. The molecule has 0 aliphatic rings. The van der Waals surface area contributed by atoms with Gasteiger partial charge in [-0.25, -0.2) is 0 Å². The number of carbonyl (C=O) groups is 1. The van der Waals surface area contributed by atoms with Gasteiger partial charge < -0.3 is 15.5 Å². The third kappa shape index (κ3) is 3.84. The number of benzene rings is 1. The van der Waals surface area contributed by atoms with Crippen molar-refractivity contribution < 1.29 is 9.21 Å². The second-order valence-corrected chi connectivity index (χ2v) is 4.54. The summed E-state index contributed by atoms with van der Waals surface area (Å²) in [6.07, 6.45) is 0.743. The van der Waals surface area contributed by atoms with E-state index in [1.165, 1.54) is 0 Å². The lowest BCUT2D eigenvalue weighted by molar-refractivity contribution is 0.0924. The zero-order valence-electron chi connectivity index (χ0n) is 10.4. The molecule has 5 heteroatoms. The van der Waals surface area contributed by atoms with Gasteiger partial charge in [0.2, 0.25) is 0 Å². The third-order valence-electron chi connectivity index (χ3n) is 2.70. The zero-order chi connectivity index (χ0) is 13.7. The summed E-state index contributed by atoms with van der Waals surface area (Å²) in [6, 6.07) is 10.9. The van der Waals surface area contributed by atoms with Crippen LogP contribution in [0.3, 0.4) is 0 Å². The van der Waals surface area contributed by atoms with Crippen LogP contribution in [0.15, 0.2) is 40.8 Å². The Labute approximate surface area is 116 Å². The molecule has 0 aliphatic heterocycles. The predicted molar refractivity (Wildman–Crippen MR) is 74.1 cm³/mol. The fourth-order valence-corrected chi connectivity index (χ4v) is 1.79. The van der Waals surface area contributed by atoms with Crippen molar-refractivity contribution in [3.8, 4) is 0 Å². The van der Waals surface area contributed by atoms with Gasteiger partial charge in [-0.1, -0.05) is 23.7 Å². The monoisotopic (exact) mass is 278 g/mol. The van der Waals surface area contributed by atoms with Gasteiger partial charge in [0.25, 0.3) is 5.91 Å². The van der Waals surface area contributed by atoms with E-state index in [0.29, 0.717) is 17.3 Å². The second kappa shape index (κ2) is 6.41. The molecule has 1 amide bonds. The fourth-order valence-electron chi connectivity index (χ4n) is 1.67. The molecule has 2 aromatic rings. The molecule has 1 aromatic heterocycles. The molecule has 0 atom stereocenters. The summed E-state index contributed by atoms with van der Waals surface area (Å²) in [5.41, 5.74) is 6.53. The van der Waals surface area contributed by atoms with E-state index in [1.807, 2.05) is 24.3 Å². The molecule has 0 fully saturated rings. The van der Waals surface area contributed by atoms with E-state index in [9.17, 15) is 4.79 Å². The lowest BCUT2D eigenvalue weighted by Gasteiger charge is -2.03. The molecule has 1 aromatic carbocycles. The average Bonchev–Trinajstić information content (AvgIpc) is 2.90. The maximum Gasteiger partial charge on any atom is 0.287 e. The summed E-state index contributed by atoms with van der Waals surface area (Å²) >= 11 is 5.80. The largest absolute Gasteiger partial charge is 0.455 e. The molecule has 19 heavy (non-hydrogen) atoms. The zero-order valence-corrected chi connectivity index (χ0v) is 11.1. The minimum atomic E-state index is -0.228.